The van der Waals surface area contributed by atoms with Crippen molar-refractivity contribution in [2.24, 2.45) is 0 Å². The summed E-state index contributed by atoms with van der Waals surface area (Å²) in [5.41, 5.74) is -5.65. The van der Waals surface area contributed by atoms with Crippen LogP contribution in [0.5, 0.6) is 0 Å². The van der Waals surface area contributed by atoms with Crippen molar-refractivity contribution >= 4 is 10.1 Å². The quantitative estimate of drug-likeness (QED) is 0.359. The zero-order valence-corrected chi connectivity index (χ0v) is 8.18. The summed E-state index contributed by atoms with van der Waals surface area (Å²) in [5.74, 6) is 0. The molecule has 0 spiro atoms. The smallest absolute Gasteiger partial charge is 0.741 e. The van der Waals surface area contributed by atoms with E-state index >= 15 is 0 Å². The van der Waals surface area contributed by atoms with E-state index in [-0.39, 0.29) is 25.8 Å². The zero-order valence-electron chi connectivity index (χ0n) is 3.77. The van der Waals surface area contributed by atoms with Crippen LogP contribution in [0.15, 0.2) is 0 Å². The average molecular weight is 328 g/mol. The summed E-state index contributed by atoms with van der Waals surface area (Å²) in [6, 6.07) is 0. The monoisotopic (exact) mass is 329 g/mol. The van der Waals surface area contributed by atoms with E-state index in [9.17, 15) is 13.2 Å². The molecule has 0 aliphatic rings. The van der Waals surface area contributed by atoms with Gasteiger partial charge in [0.25, 0.3) is 0 Å². The first-order chi connectivity index (χ1) is 3.25. The second kappa shape index (κ2) is 3.11. The number of hydrogen-bond donors (Lipinski definition) is 0. The average Bonchev–Trinajstić information content (AvgIpc) is 1.25. The Morgan fingerprint density at radius 3 is 1.33 bits per heavy atom. The van der Waals surface area contributed by atoms with Crippen molar-refractivity contribution in [1.29, 1.82) is 0 Å². The maximum absolute atomic E-state index is 10.7. The van der Waals surface area contributed by atoms with Crippen molar-refractivity contribution in [2.75, 3.05) is 0 Å². The Morgan fingerprint density at radius 1 is 1.22 bits per heavy atom. The molecule has 0 aromatic rings. The van der Waals surface area contributed by atoms with Crippen molar-refractivity contribution in [3.63, 3.8) is 0 Å². The van der Waals surface area contributed by atoms with Gasteiger partial charge in [-0.1, -0.05) is 0 Å². The number of hydrogen-bond acceptors (Lipinski definition) is 3. The number of halogens is 3. The normalized spacial score (nSPS) is 12.4. The van der Waals surface area contributed by atoms with Crippen LogP contribution in [-0.2, 0) is 36.0 Å². The molecule has 0 rings (SSSR count). The van der Waals surface area contributed by atoms with Crippen molar-refractivity contribution in [2.45, 2.75) is 5.51 Å². The summed E-state index contributed by atoms with van der Waals surface area (Å²) in [5, 5.41) is 0. The summed E-state index contributed by atoms with van der Waals surface area (Å²) >= 11 is 0. The molecule has 0 aromatic heterocycles. The minimum atomic E-state index is -6.09. The molecule has 50 valence electrons. The van der Waals surface area contributed by atoms with Gasteiger partial charge in [-0.25, -0.2) is 8.42 Å². The summed E-state index contributed by atoms with van der Waals surface area (Å²) in [6.07, 6.45) is 0. The summed E-state index contributed by atoms with van der Waals surface area (Å²) in [4.78, 5) is 0. The Labute approximate surface area is 67.8 Å². The fourth-order valence-electron chi connectivity index (χ4n) is 0. The SMILES string of the molecule is O=S(=O)([O-])C(F)(F)F.[Hf+4]. The van der Waals surface area contributed by atoms with E-state index in [1.807, 2.05) is 0 Å². The molecule has 0 atom stereocenters. The van der Waals surface area contributed by atoms with E-state index in [0.717, 1.165) is 0 Å². The predicted molar refractivity (Wildman–Crippen MR) is 15.8 cm³/mol. The standard InChI is InChI=1S/CHF3O3S.Hf/c2-1(3,4)8(5,6)7;/h(H,5,6,7);/q;+4/p-1. The second-order valence-electron chi connectivity index (χ2n) is 0.900. The number of alkyl halides is 3. The Kier molecular flexibility index (Phi) is 4.24. The molecule has 8 heteroatoms. The van der Waals surface area contributed by atoms with Gasteiger partial charge in [0.15, 0.2) is 10.1 Å². The van der Waals surface area contributed by atoms with Gasteiger partial charge in [0.05, 0.1) is 0 Å². The first-order valence-electron chi connectivity index (χ1n) is 1.27. The van der Waals surface area contributed by atoms with Gasteiger partial charge in [-0.15, -0.1) is 0 Å². The van der Waals surface area contributed by atoms with Crippen LogP contribution in [0, 0.1) is 0 Å². The Bertz CT molecular complexity index is 168. The molecule has 0 aliphatic heterocycles. The van der Waals surface area contributed by atoms with Gasteiger partial charge in [0.2, 0.25) is 0 Å². The molecule has 0 bridgehead atoms. The van der Waals surface area contributed by atoms with Gasteiger partial charge in [0, 0.05) is 0 Å². The molecule has 3 nitrogen and oxygen atoms in total. The molecule has 0 aromatic carbocycles. The minimum absolute atomic E-state index is 0. The van der Waals surface area contributed by atoms with Crippen molar-refractivity contribution in [3.8, 4) is 0 Å². The van der Waals surface area contributed by atoms with Crippen molar-refractivity contribution in [3.05, 3.63) is 0 Å². The maximum Gasteiger partial charge on any atom is 4.00 e. The van der Waals surface area contributed by atoms with Crippen LogP contribution in [0.25, 0.3) is 0 Å². The van der Waals surface area contributed by atoms with E-state index < -0.39 is 15.6 Å². The topological polar surface area (TPSA) is 57.2 Å². The fourth-order valence-corrected chi connectivity index (χ4v) is 0. The Balaban J connectivity index is 0. The van der Waals surface area contributed by atoms with Crippen LogP contribution in [0.1, 0.15) is 0 Å². The molecular formula is CF3HfO3S+3. The molecule has 0 amide bonds. The van der Waals surface area contributed by atoms with Crippen LogP contribution in [-0.4, -0.2) is 18.5 Å². The first-order valence-corrected chi connectivity index (χ1v) is 2.68. The molecule has 0 aliphatic carbocycles. The van der Waals surface area contributed by atoms with Gasteiger partial charge in [-0.05, 0) is 0 Å². The van der Waals surface area contributed by atoms with Crippen LogP contribution >= 0.6 is 0 Å². The Hall–Kier alpha value is 0.570. The van der Waals surface area contributed by atoms with Crippen molar-refractivity contribution in [1.82, 2.24) is 0 Å². The van der Waals surface area contributed by atoms with Crippen LogP contribution in [0.2, 0.25) is 0 Å². The van der Waals surface area contributed by atoms with Crippen LogP contribution in [0.3, 0.4) is 0 Å². The van der Waals surface area contributed by atoms with E-state index in [1.54, 1.807) is 0 Å². The third-order valence-corrected chi connectivity index (χ3v) is 0.850. The van der Waals surface area contributed by atoms with Crippen molar-refractivity contribution < 1.29 is 52.0 Å². The van der Waals surface area contributed by atoms with E-state index in [0.29, 0.717) is 0 Å². The van der Waals surface area contributed by atoms with Gasteiger partial charge >= 0.3 is 31.4 Å². The molecule has 0 unspecified atom stereocenters. The summed E-state index contributed by atoms with van der Waals surface area (Å²) in [6.45, 7) is 0. The molecule has 0 heterocycles. The second-order valence-corrected chi connectivity index (χ2v) is 2.27. The zero-order chi connectivity index (χ0) is 7.00. The molecule has 0 radical (unpaired) electrons. The number of rotatable bonds is 0. The summed E-state index contributed by atoms with van der Waals surface area (Å²) < 4.78 is 58.9. The largest absolute Gasteiger partial charge is 4.00 e. The fraction of sp³-hybridized carbons (Fsp3) is 1.00. The van der Waals surface area contributed by atoms with E-state index in [2.05, 4.69) is 0 Å². The van der Waals surface area contributed by atoms with Crippen LogP contribution < -0.4 is 0 Å². The van der Waals surface area contributed by atoms with Gasteiger partial charge in [-0.2, -0.15) is 13.2 Å². The Morgan fingerprint density at radius 2 is 1.33 bits per heavy atom. The van der Waals surface area contributed by atoms with Gasteiger partial charge in [0.1, 0.15) is 0 Å². The van der Waals surface area contributed by atoms with Gasteiger partial charge < -0.3 is 4.55 Å². The summed E-state index contributed by atoms with van der Waals surface area (Å²) in [7, 11) is -6.09. The third-order valence-electron chi connectivity index (χ3n) is 0.283. The minimum Gasteiger partial charge on any atom is -0.741 e. The molecule has 9 heavy (non-hydrogen) atoms. The first kappa shape index (κ1) is 12.3. The molecule has 0 N–H and O–H groups in total. The van der Waals surface area contributed by atoms with E-state index in [4.69, 9.17) is 13.0 Å². The predicted octanol–water partition coefficient (Wildman–Crippen LogP) is 0.0489. The molecular weight excluding hydrogens is 328 g/mol. The molecule has 0 fully saturated rings. The van der Waals surface area contributed by atoms with Crippen LogP contribution in [0.4, 0.5) is 13.2 Å². The molecule has 0 saturated heterocycles. The molecule has 0 saturated carbocycles. The van der Waals surface area contributed by atoms with E-state index in [1.165, 1.54) is 0 Å². The van der Waals surface area contributed by atoms with Gasteiger partial charge in [-0.3, -0.25) is 0 Å². The maximum atomic E-state index is 10.7. The third kappa shape index (κ3) is 4.04.